The Bertz CT molecular complexity index is 950. The largest absolute Gasteiger partial charge is 0.497 e. The van der Waals surface area contributed by atoms with Crippen LogP contribution in [0.25, 0.3) is 10.9 Å². The molecule has 0 unspecified atom stereocenters. The lowest BCUT2D eigenvalue weighted by atomic mass is 9.99. The Balaban J connectivity index is 1.28. The molecular formula is C18H18N4O3. The number of nitrogens with one attached hydrogen (secondary N) is 1. The number of aromatic amines is 1. The third-order valence-corrected chi connectivity index (χ3v) is 4.98. The maximum atomic E-state index is 12.6. The zero-order chi connectivity index (χ0) is 17.0. The van der Waals surface area contributed by atoms with Crippen LogP contribution in [-0.4, -0.2) is 46.1 Å². The van der Waals surface area contributed by atoms with E-state index in [2.05, 4.69) is 15.1 Å². The number of amides is 1. The van der Waals surface area contributed by atoms with Crippen LogP contribution < -0.4 is 4.74 Å². The number of nitrogens with zero attached hydrogens (tertiary/aromatic N) is 3. The summed E-state index contributed by atoms with van der Waals surface area (Å²) in [6, 6.07) is 7.60. The molecule has 2 fully saturated rings. The Morgan fingerprint density at radius 1 is 1.28 bits per heavy atom. The van der Waals surface area contributed by atoms with E-state index in [4.69, 9.17) is 9.26 Å². The Labute approximate surface area is 144 Å². The van der Waals surface area contributed by atoms with Gasteiger partial charge in [-0.15, -0.1) is 0 Å². The first-order chi connectivity index (χ1) is 12.2. The second kappa shape index (κ2) is 5.34. The SMILES string of the molecule is COc1ccc2cc(C(=O)N3CC(c4nc(C5CC5)no4)C3)[nH]c2c1. The molecule has 25 heavy (non-hydrogen) atoms. The highest BCUT2D eigenvalue weighted by atomic mass is 16.5. The van der Waals surface area contributed by atoms with Crippen LogP contribution in [0.15, 0.2) is 28.8 Å². The number of H-pyrrole nitrogens is 1. The molecule has 0 spiro atoms. The second-order valence-corrected chi connectivity index (χ2v) is 6.81. The Morgan fingerprint density at radius 2 is 2.12 bits per heavy atom. The molecule has 1 amide bonds. The lowest BCUT2D eigenvalue weighted by molar-refractivity contribution is 0.0564. The molecule has 5 rings (SSSR count). The third-order valence-electron chi connectivity index (χ3n) is 4.98. The number of ether oxygens (including phenoxy) is 1. The third kappa shape index (κ3) is 2.47. The minimum absolute atomic E-state index is 0.00616. The van der Waals surface area contributed by atoms with E-state index in [9.17, 15) is 4.79 Å². The van der Waals surface area contributed by atoms with Gasteiger partial charge in [0.25, 0.3) is 5.91 Å². The van der Waals surface area contributed by atoms with Crippen molar-refractivity contribution < 1.29 is 14.1 Å². The average Bonchev–Trinajstić information content (AvgIpc) is 3.17. The molecule has 2 aromatic heterocycles. The van der Waals surface area contributed by atoms with Gasteiger partial charge in [0.1, 0.15) is 11.4 Å². The molecule has 7 heteroatoms. The fourth-order valence-corrected chi connectivity index (χ4v) is 3.24. The second-order valence-electron chi connectivity index (χ2n) is 6.81. The fraction of sp³-hybridized carbons (Fsp3) is 0.389. The molecule has 3 heterocycles. The predicted octanol–water partition coefficient (Wildman–Crippen LogP) is 2.68. The van der Waals surface area contributed by atoms with E-state index in [0.717, 1.165) is 35.3 Å². The minimum atomic E-state index is -0.00616. The van der Waals surface area contributed by atoms with E-state index in [1.165, 1.54) is 0 Å². The van der Waals surface area contributed by atoms with E-state index < -0.39 is 0 Å². The molecule has 1 N–H and O–H groups in total. The van der Waals surface area contributed by atoms with E-state index >= 15 is 0 Å². The first-order valence-electron chi connectivity index (χ1n) is 8.51. The monoisotopic (exact) mass is 338 g/mol. The van der Waals surface area contributed by atoms with Crippen LogP contribution in [0.1, 0.15) is 46.9 Å². The smallest absolute Gasteiger partial charge is 0.270 e. The van der Waals surface area contributed by atoms with Gasteiger partial charge in [0.05, 0.1) is 13.0 Å². The molecule has 1 aliphatic heterocycles. The summed E-state index contributed by atoms with van der Waals surface area (Å²) in [5.74, 6) is 2.87. The van der Waals surface area contributed by atoms with E-state index in [1.54, 1.807) is 12.0 Å². The molecule has 128 valence electrons. The van der Waals surface area contributed by atoms with Crippen LogP contribution in [0.2, 0.25) is 0 Å². The Kier molecular flexibility index (Phi) is 3.10. The zero-order valence-electron chi connectivity index (χ0n) is 13.9. The quantitative estimate of drug-likeness (QED) is 0.790. The topological polar surface area (TPSA) is 84.2 Å². The van der Waals surface area contributed by atoms with Crippen molar-refractivity contribution in [2.75, 3.05) is 20.2 Å². The standard InChI is InChI=1S/C18H18N4O3/c1-24-13-5-4-11-6-15(19-14(11)7-13)18(23)22-8-12(9-22)17-20-16(21-25-17)10-2-3-10/h4-7,10,12,19H,2-3,8-9H2,1H3. The number of benzene rings is 1. The van der Waals surface area contributed by atoms with Gasteiger partial charge in [-0.2, -0.15) is 4.98 Å². The van der Waals surface area contributed by atoms with Crippen LogP contribution in [0.4, 0.5) is 0 Å². The highest BCUT2D eigenvalue weighted by Crippen LogP contribution is 2.39. The summed E-state index contributed by atoms with van der Waals surface area (Å²) in [4.78, 5) is 22.1. The number of aromatic nitrogens is 3. The van der Waals surface area contributed by atoms with Crippen molar-refractivity contribution in [1.82, 2.24) is 20.0 Å². The fourth-order valence-electron chi connectivity index (χ4n) is 3.24. The van der Waals surface area contributed by atoms with Crippen LogP contribution >= 0.6 is 0 Å². The van der Waals surface area contributed by atoms with Crippen LogP contribution in [0, 0.1) is 0 Å². The molecule has 2 aliphatic rings. The van der Waals surface area contributed by atoms with Gasteiger partial charge < -0.3 is 19.1 Å². The minimum Gasteiger partial charge on any atom is -0.497 e. The van der Waals surface area contributed by atoms with Gasteiger partial charge in [0.2, 0.25) is 5.89 Å². The summed E-state index contributed by atoms with van der Waals surface area (Å²) in [6.45, 7) is 1.23. The summed E-state index contributed by atoms with van der Waals surface area (Å²) in [7, 11) is 1.63. The zero-order valence-corrected chi connectivity index (χ0v) is 13.9. The van der Waals surface area contributed by atoms with Gasteiger partial charge in [0, 0.05) is 36.0 Å². The van der Waals surface area contributed by atoms with E-state index in [1.807, 2.05) is 24.3 Å². The molecule has 3 aromatic rings. The van der Waals surface area contributed by atoms with Gasteiger partial charge in [-0.3, -0.25) is 4.79 Å². The van der Waals surface area contributed by atoms with Crippen molar-refractivity contribution in [2.24, 2.45) is 0 Å². The molecule has 0 atom stereocenters. The summed E-state index contributed by atoms with van der Waals surface area (Å²) < 4.78 is 10.6. The number of carbonyl (C=O) groups excluding carboxylic acids is 1. The van der Waals surface area contributed by atoms with Gasteiger partial charge in [-0.05, 0) is 31.0 Å². The Morgan fingerprint density at radius 3 is 2.88 bits per heavy atom. The lowest BCUT2D eigenvalue weighted by Gasteiger charge is -2.36. The molecule has 1 saturated heterocycles. The number of hydrogen-bond donors (Lipinski definition) is 1. The first-order valence-corrected chi connectivity index (χ1v) is 8.51. The number of rotatable bonds is 4. The van der Waals surface area contributed by atoms with Crippen molar-refractivity contribution in [3.8, 4) is 5.75 Å². The van der Waals surface area contributed by atoms with Crippen molar-refractivity contribution in [3.05, 3.63) is 41.7 Å². The summed E-state index contributed by atoms with van der Waals surface area (Å²) in [5.41, 5.74) is 1.48. The molecule has 1 aromatic carbocycles. The number of hydrogen-bond acceptors (Lipinski definition) is 5. The molecular weight excluding hydrogens is 320 g/mol. The van der Waals surface area contributed by atoms with Crippen LogP contribution in [-0.2, 0) is 0 Å². The van der Waals surface area contributed by atoms with E-state index in [-0.39, 0.29) is 11.8 Å². The summed E-state index contributed by atoms with van der Waals surface area (Å²) in [5, 5.41) is 5.04. The molecule has 7 nitrogen and oxygen atoms in total. The number of fused-ring (bicyclic) bond motifs is 1. The average molecular weight is 338 g/mol. The van der Waals surface area contributed by atoms with Gasteiger partial charge in [-0.25, -0.2) is 0 Å². The van der Waals surface area contributed by atoms with Crippen molar-refractivity contribution in [1.29, 1.82) is 0 Å². The number of likely N-dealkylation sites (tertiary alicyclic amines) is 1. The maximum Gasteiger partial charge on any atom is 0.270 e. The summed E-state index contributed by atoms with van der Waals surface area (Å²) in [6.07, 6.45) is 2.30. The maximum absolute atomic E-state index is 12.6. The summed E-state index contributed by atoms with van der Waals surface area (Å²) >= 11 is 0. The van der Waals surface area contributed by atoms with Gasteiger partial charge in [0.15, 0.2) is 5.82 Å². The van der Waals surface area contributed by atoms with Gasteiger partial charge >= 0.3 is 0 Å². The van der Waals surface area contributed by atoms with Crippen molar-refractivity contribution >= 4 is 16.8 Å². The molecule has 0 bridgehead atoms. The highest BCUT2D eigenvalue weighted by molar-refractivity contribution is 5.98. The van der Waals surface area contributed by atoms with Crippen molar-refractivity contribution in [3.63, 3.8) is 0 Å². The molecule has 1 saturated carbocycles. The highest BCUT2D eigenvalue weighted by Gasteiger charge is 2.38. The van der Waals surface area contributed by atoms with Crippen LogP contribution in [0.5, 0.6) is 5.75 Å². The molecule has 1 aliphatic carbocycles. The normalized spacial score (nSPS) is 17.7. The van der Waals surface area contributed by atoms with Gasteiger partial charge in [-0.1, -0.05) is 5.16 Å². The van der Waals surface area contributed by atoms with E-state index in [0.29, 0.717) is 30.6 Å². The van der Waals surface area contributed by atoms with Crippen molar-refractivity contribution in [2.45, 2.75) is 24.7 Å². The predicted molar refractivity (Wildman–Crippen MR) is 89.8 cm³/mol. The molecule has 0 radical (unpaired) electrons. The first kappa shape index (κ1) is 14.5. The number of carbonyl (C=O) groups is 1. The lowest BCUT2D eigenvalue weighted by Crippen LogP contribution is -2.48. The Hall–Kier alpha value is -2.83. The van der Waals surface area contributed by atoms with Crippen LogP contribution in [0.3, 0.4) is 0 Å². The number of methoxy groups -OCH3 is 1.